The Hall–Kier alpha value is -1.64. The smallest absolute Gasteiger partial charge is 0.115 e. The van der Waals surface area contributed by atoms with E-state index < -0.39 is 6.17 Å². The van der Waals surface area contributed by atoms with Gasteiger partial charge in [-0.15, -0.1) is 0 Å². The summed E-state index contributed by atoms with van der Waals surface area (Å²) in [6.45, 7) is 0. The van der Waals surface area contributed by atoms with E-state index in [9.17, 15) is 4.39 Å². The fraction of sp³-hybridized carbons (Fsp3) is 0.308. The molecule has 0 bridgehead atoms. The number of aliphatic imine (C=N–C) groups is 1. The van der Waals surface area contributed by atoms with Crippen LogP contribution in [0.3, 0.4) is 0 Å². The van der Waals surface area contributed by atoms with Gasteiger partial charge in [-0.25, -0.2) is 4.39 Å². The average Bonchev–Trinajstić information content (AvgIpc) is 2.30. The average molecular weight is 219 g/mol. The Bertz CT molecular complexity index is 408. The van der Waals surface area contributed by atoms with E-state index in [1.54, 1.807) is 30.5 Å². The van der Waals surface area contributed by atoms with E-state index in [0.717, 1.165) is 11.3 Å². The first-order valence-corrected chi connectivity index (χ1v) is 5.40. The number of alkyl halides is 1. The molecule has 0 aliphatic heterocycles. The molecule has 0 radical (unpaired) electrons. The molecule has 0 amide bonds. The van der Waals surface area contributed by atoms with Gasteiger partial charge < -0.3 is 5.11 Å². The highest BCUT2D eigenvalue weighted by atomic mass is 19.1. The summed E-state index contributed by atoms with van der Waals surface area (Å²) in [7, 11) is 0. The molecule has 1 aromatic carbocycles. The second-order valence-electron chi connectivity index (χ2n) is 3.92. The Balaban J connectivity index is 2.01. The van der Waals surface area contributed by atoms with E-state index >= 15 is 0 Å². The first kappa shape index (κ1) is 10.9. The minimum atomic E-state index is -0.701. The molecule has 0 spiro atoms. The molecule has 2 rings (SSSR count). The fourth-order valence-electron chi connectivity index (χ4n) is 1.62. The molecule has 16 heavy (non-hydrogen) atoms. The van der Waals surface area contributed by atoms with Gasteiger partial charge in [0.2, 0.25) is 0 Å². The van der Waals surface area contributed by atoms with E-state index in [4.69, 9.17) is 5.11 Å². The molecule has 0 saturated heterocycles. The van der Waals surface area contributed by atoms with Crippen molar-refractivity contribution in [3.05, 3.63) is 41.6 Å². The molecule has 1 aromatic rings. The van der Waals surface area contributed by atoms with Crippen LogP contribution in [-0.4, -0.2) is 17.5 Å². The number of hydrogen-bond acceptors (Lipinski definition) is 2. The normalized spacial score (nSPS) is 21.1. The summed E-state index contributed by atoms with van der Waals surface area (Å²) in [5.41, 5.74) is 1.88. The second-order valence-corrected chi connectivity index (χ2v) is 3.92. The molecule has 3 heteroatoms. The molecule has 0 aromatic heterocycles. The Morgan fingerprint density at radius 3 is 2.69 bits per heavy atom. The number of phenols is 1. The summed E-state index contributed by atoms with van der Waals surface area (Å²) < 4.78 is 12.8. The third kappa shape index (κ3) is 2.92. The molecule has 2 nitrogen and oxygen atoms in total. The van der Waals surface area contributed by atoms with Crippen LogP contribution in [0.1, 0.15) is 24.8 Å². The van der Waals surface area contributed by atoms with Gasteiger partial charge in [0.1, 0.15) is 11.9 Å². The summed E-state index contributed by atoms with van der Waals surface area (Å²) in [5, 5.41) is 9.11. The lowest BCUT2D eigenvalue weighted by molar-refractivity contribution is 0.307. The van der Waals surface area contributed by atoms with Crippen molar-refractivity contribution >= 4 is 6.21 Å². The molecule has 1 atom stereocenters. The van der Waals surface area contributed by atoms with Crippen LogP contribution < -0.4 is 0 Å². The van der Waals surface area contributed by atoms with Crippen molar-refractivity contribution in [2.24, 2.45) is 4.99 Å². The quantitative estimate of drug-likeness (QED) is 0.761. The van der Waals surface area contributed by atoms with E-state index in [-0.39, 0.29) is 5.75 Å². The highest BCUT2D eigenvalue weighted by Gasteiger charge is 2.11. The Morgan fingerprint density at radius 1 is 1.31 bits per heavy atom. The molecule has 1 aliphatic rings. The summed E-state index contributed by atoms with van der Waals surface area (Å²) >= 11 is 0. The zero-order valence-electron chi connectivity index (χ0n) is 8.94. The number of hydrogen-bond donors (Lipinski definition) is 1. The Labute approximate surface area is 94.1 Å². The minimum Gasteiger partial charge on any atom is -0.508 e. The zero-order chi connectivity index (χ0) is 11.4. The maximum atomic E-state index is 12.8. The standard InChI is InChI=1S/C13H14FNO/c14-11-3-5-12(6-4-11)15-9-10-1-7-13(16)8-2-10/h1-2,5,7-9,11,16H,3-4,6H2. The lowest BCUT2D eigenvalue weighted by Crippen LogP contribution is -2.04. The van der Waals surface area contributed by atoms with Crippen LogP contribution >= 0.6 is 0 Å². The van der Waals surface area contributed by atoms with Crippen LogP contribution in [0, 0.1) is 0 Å². The van der Waals surface area contributed by atoms with Gasteiger partial charge >= 0.3 is 0 Å². The van der Waals surface area contributed by atoms with Crippen molar-refractivity contribution in [2.75, 3.05) is 0 Å². The fourth-order valence-corrected chi connectivity index (χ4v) is 1.62. The second kappa shape index (κ2) is 4.92. The lowest BCUT2D eigenvalue weighted by Gasteiger charge is -2.12. The van der Waals surface area contributed by atoms with Crippen molar-refractivity contribution in [1.29, 1.82) is 0 Å². The van der Waals surface area contributed by atoms with Crippen LogP contribution in [0.5, 0.6) is 5.75 Å². The topological polar surface area (TPSA) is 32.6 Å². The van der Waals surface area contributed by atoms with Gasteiger partial charge in [-0.1, -0.05) is 6.08 Å². The molecular formula is C13H14FNO. The van der Waals surface area contributed by atoms with E-state index in [2.05, 4.69) is 4.99 Å². The predicted molar refractivity (Wildman–Crippen MR) is 62.5 cm³/mol. The third-order valence-corrected chi connectivity index (χ3v) is 2.60. The van der Waals surface area contributed by atoms with Gasteiger partial charge in [0, 0.05) is 11.9 Å². The number of halogens is 1. The maximum Gasteiger partial charge on any atom is 0.115 e. The molecule has 1 aliphatic carbocycles. The summed E-state index contributed by atoms with van der Waals surface area (Å²) in [6, 6.07) is 6.82. The first-order valence-electron chi connectivity index (χ1n) is 5.40. The molecule has 1 unspecified atom stereocenters. The summed E-state index contributed by atoms with van der Waals surface area (Å²) in [4.78, 5) is 4.31. The first-order chi connectivity index (χ1) is 7.74. The largest absolute Gasteiger partial charge is 0.508 e. The number of phenolic OH excluding ortho intramolecular Hbond substituents is 1. The monoisotopic (exact) mass is 219 g/mol. The predicted octanol–water partition coefficient (Wildman–Crippen LogP) is 3.22. The molecule has 1 N–H and O–H groups in total. The van der Waals surface area contributed by atoms with Crippen molar-refractivity contribution in [1.82, 2.24) is 0 Å². The van der Waals surface area contributed by atoms with Gasteiger partial charge in [0.15, 0.2) is 0 Å². The lowest BCUT2D eigenvalue weighted by atomic mass is 10.0. The third-order valence-electron chi connectivity index (χ3n) is 2.60. The number of aromatic hydroxyl groups is 1. The SMILES string of the molecule is Oc1ccc(C=NC2=CCC(F)CC2)cc1. The van der Waals surface area contributed by atoms with Crippen LogP contribution in [0.4, 0.5) is 4.39 Å². The van der Waals surface area contributed by atoms with Crippen molar-refractivity contribution in [3.63, 3.8) is 0 Å². The Morgan fingerprint density at radius 2 is 2.06 bits per heavy atom. The molecule has 0 fully saturated rings. The van der Waals surface area contributed by atoms with E-state index in [1.807, 2.05) is 6.08 Å². The molecule has 0 saturated carbocycles. The summed E-state index contributed by atoms with van der Waals surface area (Å²) in [5.74, 6) is 0.245. The van der Waals surface area contributed by atoms with Gasteiger partial charge in [-0.3, -0.25) is 4.99 Å². The molecule has 84 valence electrons. The summed E-state index contributed by atoms with van der Waals surface area (Å²) in [6.07, 6.45) is 4.64. The highest BCUT2D eigenvalue weighted by Crippen LogP contribution is 2.21. The van der Waals surface area contributed by atoms with Gasteiger partial charge in [0.05, 0.1) is 0 Å². The van der Waals surface area contributed by atoms with Crippen molar-refractivity contribution in [3.8, 4) is 5.75 Å². The number of allylic oxidation sites excluding steroid dienone is 2. The number of rotatable bonds is 2. The van der Waals surface area contributed by atoms with Crippen LogP contribution in [0.25, 0.3) is 0 Å². The van der Waals surface area contributed by atoms with Crippen LogP contribution in [0.15, 0.2) is 41.0 Å². The number of benzene rings is 1. The molecule has 0 heterocycles. The minimum absolute atomic E-state index is 0.245. The van der Waals surface area contributed by atoms with Gasteiger partial charge in [-0.05, 0) is 49.1 Å². The van der Waals surface area contributed by atoms with Crippen molar-refractivity contribution in [2.45, 2.75) is 25.4 Å². The highest BCUT2D eigenvalue weighted by molar-refractivity contribution is 5.80. The van der Waals surface area contributed by atoms with E-state index in [0.29, 0.717) is 19.3 Å². The maximum absolute atomic E-state index is 12.8. The van der Waals surface area contributed by atoms with Crippen molar-refractivity contribution < 1.29 is 9.50 Å². The van der Waals surface area contributed by atoms with Gasteiger partial charge in [0.25, 0.3) is 0 Å². The van der Waals surface area contributed by atoms with Crippen LogP contribution in [0.2, 0.25) is 0 Å². The molecular weight excluding hydrogens is 205 g/mol. The van der Waals surface area contributed by atoms with Crippen LogP contribution in [-0.2, 0) is 0 Å². The van der Waals surface area contributed by atoms with Gasteiger partial charge in [-0.2, -0.15) is 0 Å². The number of nitrogens with zero attached hydrogens (tertiary/aromatic N) is 1. The van der Waals surface area contributed by atoms with E-state index in [1.165, 1.54) is 0 Å². The Kier molecular flexibility index (Phi) is 3.34. The zero-order valence-corrected chi connectivity index (χ0v) is 8.94.